The van der Waals surface area contributed by atoms with Crippen LogP contribution in [-0.2, 0) is 4.79 Å². The molecule has 1 aliphatic heterocycles. The van der Waals surface area contributed by atoms with Crippen LogP contribution >= 0.6 is 0 Å². The number of urea groups is 1. The number of amides is 2. The topological polar surface area (TPSA) is 61.4 Å². The van der Waals surface area contributed by atoms with E-state index in [1.165, 1.54) is 56.9 Å². The van der Waals surface area contributed by atoms with Crippen molar-refractivity contribution in [2.75, 3.05) is 26.7 Å². The number of rotatable bonds is 4. The van der Waals surface area contributed by atoms with Gasteiger partial charge in [0.1, 0.15) is 0 Å². The summed E-state index contributed by atoms with van der Waals surface area (Å²) in [5.41, 5.74) is 3.56. The maximum atomic E-state index is 13.5. The second kappa shape index (κ2) is 10.6. The van der Waals surface area contributed by atoms with Gasteiger partial charge in [0.05, 0.1) is 0 Å². The predicted molar refractivity (Wildman–Crippen MR) is 176 cm³/mol. The van der Waals surface area contributed by atoms with Crippen molar-refractivity contribution in [1.29, 1.82) is 0 Å². The second-order valence-electron chi connectivity index (χ2n) is 18.3. The summed E-state index contributed by atoms with van der Waals surface area (Å²) >= 11 is 0. The van der Waals surface area contributed by atoms with Gasteiger partial charge >= 0.3 is 6.03 Å². The first-order valence-electron chi connectivity index (χ1n) is 18.1. The molecule has 5 fully saturated rings. The van der Waals surface area contributed by atoms with Crippen LogP contribution in [-0.4, -0.2) is 49.4 Å². The Balaban J connectivity index is 1.30. The van der Waals surface area contributed by atoms with E-state index < -0.39 is 0 Å². The zero-order valence-electron chi connectivity index (χ0n) is 29.1. The zero-order chi connectivity index (χ0) is 31.2. The molecule has 0 aromatic rings. The second-order valence-corrected chi connectivity index (χ2v) is 18.3. The Kier molecular flexibility index (Phi) is 7.79. The molecule has 5 heteroatoms. The molecule has 6 rings (SSSR count). The summed E-state index contributed by atoms with van der Waals surface area (Å²) in [7, 11) is 2.20. The first-order chi connectivity index (χ1) is 20.1. The molecule has 0 spiro atoms. The van der Waals surface area contributed by atoms with Gasteiger partial charge in [0, 0.05) is 19.0 Å². The minimum absolute atomic E-state index is 0.0559. The number of ketones is 1. The van der Waals surface area contributed by atoms with E-state index in [-0.39, 0.29) is 39.1 Å². The molecule has 8 atom stereocenters. The lowest BCUT2D eigenvalue weighted by Crippen LogP contribution is -2.69. The van der Waals surface area contributed by atoms with Crippen molar-refractivity contribution >= 4 is 11.8 Å². The summed E-state index contributed by atoms with van der Waals surface area (Å²) < 4.78 is 0. The van der Waals surface area contributed by atoms with Crippen LogP contribution in [0.1, 0.15) is 126 Å². The largest absolute Gasteiger partial charge is 0.338 e. The summed E-state index contributed by atoms with van der Waals surface area (Å²) in [4.78, 5) is 29.4. The number of fused-ring (bicyclic) bond motifs is 7. The number of nitrogens with one attached hydrogen (secondary N) is 2. The highest BCUT2D eigenvalue weighted by molar-refractivity contribution is 6.00. The number of allylic oxidation sites excluding steroid dienone is 2. The third-order valence-electron chi connectivity index (χ3n) is 15.4. The van der Waals surface area contributed by atoms with Gasteiger partial charge in [-0.15, -0.1) is 0 Å². The average Bonchev–Trinajstić information content (AvgIpc) is 3.20. The van der Waals surface area contributed by atoms with Crippen molar-refractivity contribution in [3.8, 4) is 0 Å². The summed E-state index contributed by atoms with van der Waals surface area (Å²) in [6, 6.07) is 0.264. The maximum Gasteiger partial charge on any atom is 0.315 e. The number of Topliss-reactive ketones (excluding diaryl/α,β-unsaturated/α-hetero) is 1. The molecule has 2 N–H and O–H groups in total. The molecule has 0 aromatic heterocycles. The van der Waals surface area contributed by atoms with E-state index in [1.54, 1.807) is 5.57 Å². The van der Waals surface area contributed by atoms with Gasteiger partial charge < -0.3 is 15.5 Å². The highest BCUT2D eigenvalue weighted by Crippen LogP contribution is 2.76. The van der Waals surface area contributed by atoms with Crippen molar-refractivity contribution in [3.05, 3.63) is 11.1 Å². The summed E-state index contributed by atoms with van der Waals surface area (Å²) in [6.07, 6.45) is 12.6. The van der Waals surface area contributed by atoms with Gasteiger partial charge in [-0.25, -0.2) is 4.79 Å². The zero-order valence-corrected chi connectivity index (χ0v) is 29.1. The number of carbonyl (C=O) groups is 2. The predicted octanol–water partition coefficient (Wildman–Crippen LogP) is 8.00. The molecule has 6 aliphatic rings. The van der Waals surface area contributed by atoms with Crippen LogP contribution in [0.3, 0.4) is 0 Å². The third-order valence-corrected chi connectivity index (χ3v) is 15.4. The van der Waals surface area contributed by atoms with E-state index in [2.05, 4.69) is 78.0 Å². The molecular formula is C38H63N3O2. The molecule has 1 unspecified atom stereocenters. The molecule has 1 saturated heterocycles. The fourth-order valence-electron chi connectivity index (χ4n) is 12.8. The van der Waals surface area contributed by atoms with E-state index >= 15 is 0 Å². The minimum Gasteiger partial charge on any atom is -0.338 e. The molecule has 0 radical (unpaired) electrons. The number of likely N-dealkylation sites (tertiary alicyclic amines) is 1. The number of hydrogen-bond donors (Lipinski definition) is 2. The fraction of sp³-hybridized carbons (Fsp3) is 0.895. The van der Waals surface area contributed by atoms with E-state index in [0.717, 1.165) is 38.9 Å². The van der Waals surface area contributed by atoms with Gasteiger partial charge in [-0.3, -0.25) is 4.79 Å². The maximum absolute atomic E-state index is 13.5. The van der Waals surface area contributed by atoms with Gasteiger partial charge in [0.2, 0.25) is 0 Å². The number of piperidine rings is 1. The lowest BCUT2D eigenvalue weighted by Gasteiger charge is -2.72. The molecule has 43 heavy (non-hydrogen) atoms. The molecular weight excluding hydrogens is 530 g/mol. The average molecular weight is 594 g/mol. The smallest absolute Gasteiger partial charge is 0.315 e. The SMILES string of the molecule is CC(C)C1=C2[C@H]3CC[C@@H]4[C@@]5(C)C(NC(=O)NCC6CCN(C)CC6)CCC(C)(C)[C@@H]5CC[C@@]4(C)[C@]3(C)CC[C@@]2(C)CC1=O. The van der Waals surface area contributed by atoms with Crippen molar-refractivity contribution in [2.45, 2.75) is 132 Å². The highest BCUT2D eigenvalue weighted by Gasteiger charge is 2.70. The van der Waals surface area contributed by atoms with E-state index in [1.807, 2.05) is 0 Å². The van der Waals surface area contributed by atoms with Crippen molar-refractivity contribution in [1.82, 2.24) is 15.5 Å². The summed E-state index contributed by atoms with van der Waals surface area (Å²) in [5.74, 6) is 3.03. The summed E-state index contributed by atoms with van der Waals surface area (Å²) in [6.45, 7) is 22.9. The Bertz CT molecular complexity index is 1170. The summed E-state index contributed by atoms with van der Waals surface area (Å²) in [5, 5.41) is 6.96. The fourth-order valence-corrected chi connectivity index (χ4v) is 12.8. The Morgan fingerprint density at radius 2 is 1.56 bits per heavy atom. The molecule has 1 heterocycles. The van der Waals surface area contributed by atoms with E-state index in [4.69, 9.17) is 0 Å². The van der Waals surface area contributed by atoms with Crippen molar-refractivity contribution in [3.63, 3.8) is 0 Å². The lowest BCUT2D eigenvalue weighted by atomic mass is 9.32. The monoisotopic (exact) mass is 593 g/mol. The molecule has 2 amide bonds. The van der Waals surface area contributed by atoms with Crippen molar-refractivity contribution < 1.29 is 9.59 Å². The van der Waals surface area contributed by atoms with Crippen LogP contribution in [0.5, 0.6) is 0 Å². The Morgan fingerprint density at radius 1 is 0.860 bits per heavy atom. The van der Waals surface area contributed by atoms with Gasteiger partial charge in [0.15, 0.2) is 5.78 Å². The van der Waals surface area contributed by atoms with Crippen LogP contribution < -0.4 is 10.6 Å². The molecule has 5 aliphatic carbocycles. The Hall–Kier alpha value is -1.36. The first-order valence-corrected chi connectivity index (χ1v) is 18.1. The van der Waals surface area contributed by atoms with Crippen LogP contribution in [0.15, 0.2) is 11.1 Å². The van der Waals surface area contributed by atoms with Gasteiger partial charge in [-0.05, 0) is 147 Å². The van der Waals surface area contributed by atoms with Crippen LogP contribution in [0.25, 0.3) is 0 Å². The standard InChI is InChI=1S/C38H63N3O2/c1-24(2)31-27(42)22-35(5)18-19-36(6)26(32(31)35)10-11-29-37(36,7)17-12-28-34(3,4)16-13-30(38(28,29)8)40-33(43)39-23-25-14-20-41(9)21-15-25/h24-26,28-30H,10-23H2,1-9H3,(H2,39,40,43)/t26-,28+,29+,30?,35+,36-,37-,38+/m1/s1. The van der Waals surface area contributed by atoms with Gasteiger partial charge in [-0.2, -0.15) is 0 Å². The van der Waals surface area contributed by atoms with Crippen LogP contribution in [0, 0.1) is 56.7 Å². The number of carbonyl (C=O) groups excluding carboxylic acids is 2. The molecule has 4 saturated carbocycles. The van der Waals surface area contributed by atoms with E-state index in [9.17, 15) is 9.59 Å². The van der Waals surface area contributed by atoms with Crippen molar-refractivity contribution in [2.24, 2.45) is 56.7 Å². The quantitative estimate of drug-likeness (QED) is 0.347. The normalized spacial score (nSPS) is 44.8. The molecule has 0 aromatic carbocycles. The highest BCUT2D eigenvalue weighted by atomic mass is 16.2. The molecule has 0 bridgehead atoms. The Morgan fingerprint density at radius 3 is 2.23 bits per heavy atom. The van der Waals surface area contributed by atoms with Gasteiger partial charge in [0.25, 0.3) is 0 Å². The third kappa shape index (κ3) is 4.70. The molecule has 5 nitrogen and oxygen atoms in total. The van der Waals surface area contributed by atoms with Gasteiger partial charge in [-0.1, -0.05) is 61.0 Å². The Labute approximate surface area is 263 Å². The number of nitrogens with zero attached hydrogens (tertiary/aromatic N) is 1. The van der Waals surface area contributed by atoms with E-state index in [0.29, 0.717) is 35.4 Å². The van der Waals surface area contributed by atoms with Crippen LogP contribution in [0.4, 0.5) is 4.79 Å². The minimum atomic E-state index is 0.0559. The first kappa shape index (κ1) is 31.6. The molecule has 242 valence electrons. The van der Waals surface area contributed by atoms with Crippen LogP contribution in [0.2, 0.25) is 0 Å². The lowest BCUT2D eigenvalue weighted by molar-refractivity contribution is -0.219. The number of hydrogen-bond acceptors (Lipinski definition) is 3.